The van der Waals surface area contributed by atoms with E-state index in [1.165, 1.54) is 231 Å². The van der Waals surface area contributed by atoms with E-state index in [1.807, 2.05) is 0 Å². The van der Waals surface area contributed by atoms with Crippen LogP contribution in [0.25, 0.3) is 0 Å². The molecular weight excluding hydrogens is 767 g/mol. The minimum atomic E-state index is -0.667. The smallest absolute Gasteiger partial charge is 0.305 e. The molecule has 6 nitrogen and oxygen atoms in total. The fourth-order valence-electron chi connectivity index (χ4n) is 8.74. The number of hydrogen-bond donors (Lipinski definition) is 3. The number of ether oxygens (including phenoxy) is 1. The Morgan fingerprint density at radius 1 is 0.435 bits per heavy atom. The van der Waals surface area contributed by atoms with Crippen molar-refractivity contribution in [3.05, 3.63) is 12.2 Å². The fraction of sp³-hybridized carbons (Fsp3) is 0.929. The highest BCUT2D eigenvalue weighted by molar-refractivity contribution is 5.76. The van der Waals surface area contributed by atoms with Gasteiger partial charge in [-0.25, -0.2) is 0 Å². The summed E-state index contributed by atoms with van der Waals surface area (Å²) < 4.78 is 5.45. The van der Waals surface area contributed by atoms with Gasteiger partial charge in [-0.2, -0.15) is 0 Å². The molecule has 6 heteroatoms. The number of hydrogen-bond acceptors (Lipinski definition) is 5. The molecule has 0 aliphatic rings. The third-order valence-electron chi connectivity index (χ3n) is 13.1. The normalized spacial score (nSPS) is 12.6. The molecule has 2 atom stereocenters. The Hall–Kier alpha value is -1.40. The predicted molar refractivity (Wildman–Crippen MR) is 269 cm³/mol. The number of esters is 1. The maximum Gasteiger partial charge on any atom is 0.305 e. The van der Waals surface area contributed by atoms with Gasteiger partial charge in [0.25, 0.3) is 0 Å². The van der Waals surface area contributed by atoms with Crippen molar-refractivity contribution < 1.29 is 24.5 Å². The first-order valence-electron chi connectivity index (χ1n) is 27.9. The Kier molecular flexibility index (Phi) is 51.0. The van der Waals surface area contributed by atoms with Gasteiger partial charge in [0.15, 0.2) is 0 Å². The van der Waals surface area contributed by atoms with Crippen LogP contribution < -0.4 is 5.32 Å². The molecule has 0 saturated carbocycles. The van der Waals surface area contributed by atoms with Gasteiger partial charge in [-0.05, 0) is 44.9 Å². The van der Waals surface area contributed by atoms with Crippen LogP contribution in [0.15, 0.2) is 12.2 Å². The number of nitrogens with one attached hydrogen (secondary N) is 1. The SMILES string of the molecule is CCCC/C=C\CCCCCCCC(=O)OCCCCCCCCCCCCCCCCCCCC(=O)NC(CO)C(O)CCCCCCCCCCCCCCCCCCC. The van der Waals surface area contributed by atoms with E-state index in [-0.39, 0.29) is 18.5 Å². The van der Waals surface area contributed by atoms with Gasteiger partial charge < -0.3 is 20.3 Å². The molecule has 0 heterocycles. The summed E-state index contributed by atoms with van der Waals surface area (Å²) in [6.07, 6.45) is 60.5. The van der Waals surface area contributed by atoms with Crippen LogP contribution in [0.4, 0.5) is 0 Å². The third-order valence-corrected chi connectivity index (χ3v) is 13.1. The molecule has 0 aromatic carbocycles. The number of aliphatic hydroxyl groups is 2. The zero-order valence-corrected chi connectivity index (χ0v) is 41.9. The second-order valence-corrected chi connectivity index (χ2v) is 19.3. The first-order chi connectivity index (χ1) is 30.5. The van der Waals surface area contributed by atoms with E-state index in [2.05, 4.69) is 31.3 Å². The largest absolute Gasteiger partial charge is 0.466 e. The molecule has 0 fully saturated rings. The highest BCUT2D eigenvalue weighted by atomic mass is 16.5. The molecule has 0 spiro atoms. The number of allylic oxidation sites excluding steroid dienone is 2. The van der Waals surface area contributed by atoms with Crippen LogP contribution in [0.2, 0.25) is 0 Å². The Morgan fingerprint density at radius 2 is 0.774 bits per heavy atom. The summed E-state index contributed by atoms with van der Waals surface area (Å²) in [5.74, 6) is -0.0434. The van der Waals surface area contributed by atoms with Gasteiger partial charge in [-0.1, -0.05) is 264 Å². The molecule has 0 rings (SSSR count). The quantitative estimate of drug-likeness (QED) is 0.0321. The van der Waals surface area contributed by atoms with Crippen molar-refractivity contribution in [1.82, 2.24) is 5.32 Å². The molecule has 1 amide bonds. The second kappa shape index (κ2) is 52.2. The van der Waals surface area contributed by atoms with Crippen LogP contribution in [0.3, 0.4) is 0 Å². The van der Waals surface area contributed by atoms with Crippen LogP contribution in [0, 0.1) is 0 Å². The van der Waals surface area contributed by atoms with Crippen LogP contribution >= 0.6 is 0 Å². The van der Waals surface area contributed by atoms with E-state index in [0.29, 0.717) is 25.9 Å². The molecule has 0 aromatic rings. The molecule has 0 aromatic heterocycles. The van der Waals surface area contributed by atoms with E-state index in [0.717, 1.165) is 44.9 Å². The van der Waals surface area contributed by atoms with Crippen molar-refractivity contribution >= 4 is 11.9 Å². The van der Waals surface area contributed by atoms with Gasteiger partial charge >= 0.3 is 5.97 Å². The minimum absolute atomic E-state index is 0.00522. The molecule has 368 valence electrons. The van der Waals surface area contributed by atoms with E-state index < -0.39 is 12.1 Å². The number of rotatable bonds is 52. The summed E-state index contributed by atoms with van der Waals surface area (Å²) in [6, 6.07) is -0.545. The topological polar surface area (TPSA) is 95.9 Å². The van der Waals surface area contributed by atoms with E-state index in [1.54, 1.807) is 0 Å². The monoisotopic (exact) mass is 876 g/mol. The van der Waals surface area contributed by atoms with Crippen LogP contribution in [0.5, 0.6) is 0 Å². The lowest BCUT2D eigenvalue weighted by molar-refractivity contribution is -0.143. The van der Waals surface area contributed by atoms with Crippen LogP contribution in [-0.2, 0) is 14.3 Å². The molecule has 0 radical (unpaired) electrons. The van der Waals surface area contributed by atoms with Crippen molar-refractivity contribution in [2.75, 3.05) is 13.2 Å². The van der Waals surface area contributed by atoms with Crippen LogP contribution in [0.1, 0.15) is 309 Å². The molecule has 62 heavy (non-hydrogen) atoms. The Morgan fingerprint density at radius 3 is 1.19 bits per heavy atom. The average molecular weight is 876 g/mol. The van der Waals surface area contributed by atoms with Gasteiger partial charge in [-0.3, -0.25) is 9.59 Å². The number of unbranched alkanes of at least 4 members (excludes halogenated alkanes) is 39. The van der Waals surface area contributed by atoms with Crippen molar-refractivity contribution in [2.24, 2.45) is 0 Å². The Balaban J connectivity index is 3.42. The predicted octanol–water partition coefficient (Wildman–Crippen LogP) is 16.9. The highest BCUT2D eigenvalue weighted by Crippen LogP contribution is 2.17. The van der Waals surface area contributed by atoms with Gasteiger partial charge in [-0.15, -0.1) is 0 Å². The molecule has 0 aliphatic carbocycles. The Bertz CT molecular complexity index is 924. The molecule has 0 saturated heterocycles. The molecule has 3 N–H and O–H groups in total. The van der Waals surface area contributed by atoms with Crippen LogP contribution in [-0.4, -0.2) is 47.4 Å². The van der Waals surface area contributed by atoms with Gasteiger partial charge in [0.2, 0.25) is 5.91 Å². The molecule has 0 bridgehead atoms. The third kappa shape index (κ3) is 48.1. The van der Waals surface area contributed by atoms with Crippen molar-refractivity contribution in [1.29, 1.82) is 0 Å². The summed E-state index contributed by atoms with van der Waals surface area (Å²) in [4.78, 5) is 24.5. The number of aliphatic hydroxyl groups excluding tert-OH is 2. The summed E-state index contributed by atoms with van der Waals surface area (Å²) in [7, 11) is 0. The molecule has 2 unspecified atom stereocenters. The highest BCUT2D eigenvalue weighted by Gasteiger charge is 2.20. The average Bonchev–Trinajstić information content (AvgIpc) is 3.27. The maximum atomic E-state index is 12.5. The van der Waals surface area contributed by atoms with Crippen molar-refractivity contribution in [3.8, 4) is 0 Å². The zero-order valence-electron chi connectivity index (χ0n) is 41.9. The number of carbonyl (C=O) groups is 2. The molecular formula is C56H109NO5. The van der Waals surface area contributed by atoms with Crippen molar-refractivity contribution in [3.63, 3.8) is 0 Å². The Labute approximate surface area is 387 Å². The lowest BCUT2D eigenvalue weighted by atomic mass is 10.0. The standard InChI is InChI=1S/C56H109NO5/c1-3-5-7-9-11-13-15-16-17-19-22-25-29-32-36-40-44-48-54(59)53(52-58)57-55(60)49-45-41-37-33-30-26-23-20-18-21-24-27-31-35-39-43-47-51-62-56(61)50-46-42-38-34-28-14-12-10-8-6-4-2/h10,12,53-54,58-59H,3-9,11,13-52H2,1-2H3,(H,57,60)/b12-10-. The minimum Gasteiger partial charge on any atom is -0.466 e. The lowest BCUT2D eigenvalue weighted by Gasteiger charge is -2.22. The van der Waals surface area contributed by atoms with Gasteiger partial charge in [0.05, 0.1) is 25.4 Å². The summed E-state index contributed by atoms with van der Waals surface area (Å²) >= 11 is 0. The van der Waals surface area contributed by atoms with Gasteiger partial charge in [0.1, 0.15) is 0 Å². The zero-order chi connectivity index (χ0) is 45.1. The number of amides is 1. The van der Waals surface area contributed by atoms with Gasteiger partial charge in [0, 0.05) is 12.8 Å². The second-order valence-electron chi connectivity index (χ2n) is 19.3. The first-order valence-corrected chi connectivity index (χ1v) is 27.9. The summed E-state index contributed by atoms with van der Waals surface area (Å²) in [6.45, 7) is 4.92. The fourth-order valence-corrected chi connectivity index (χ4v) is 8.74. The van der Waals surface area contributed by atoms with E-state index in [4.69, 9.17) is 4.74 Å². The summed E-state index contributed by atoms with van der Waals surface area (Å²) in [5, 5.41) is 23.3. The first kappa shape index (κ1) is 60.6. The lowest BCUT2D eigenvalue weighted by Crippen LogP contribution is -2.45. The number of carbonyl (C=O) groups excluding carboxylic acids is 2. The van der Waals surface area contributed by atoms with Crippen molar-refractivity contribution in [2.45, 2.75) is 321 Å². The molecule has 0 aliphatic heterocycles. The summed E-state index contributed by atoms with van der Waals surface area (Å²) in [5.41, 5.74) is 0. The maximum absolute atomic E-state index is 12.5. The van der Waals surface area contributed by atoms with E-state index >= 15 is 0 Å². The van der Waals surface area contributed by atoms with E-state index in [9.17, 15) is 19.8 Å².